The van der Waals surface area contributed by atoms with Gasteiger partial charge in [0.25, 0.3) is 0 Å². The van der Waals surface area contributed by atoms with E-state index in [1.165, 1.54) is 12.0 Å². The van der Waals surface area contributed by atoms with E-state index >= 15 is 0 Å². The second-order valence-corrected chi connectivity index (χ2v) is 7.33. The van der Waals surface area contributed by atoms with Crippen molar-refractivity contribution in [2.75, 3.05) is 13.2 Å². The number of hydrazine groups is 1. The zero-order valence-electron chi connectivity index (χ0n) is 14.1. The van der Waals surface area contributed by atoms with Crippen LogP contribution in [0.1, 0.15) is 50.7 Å². The van der Waals surface area contributed by atoms with E-state index in [1.54, 1.807) is 0 Å². The second kappa shape index (κ2) is 6.59. The summed E-state index contributed by atoms with van der Waals surface area (Å²) in [7, 11) is 0. The highest BCUT2D eigenvalue weighted by molar-refractivity contribution is 5.41. The van der Waals surface area contributed by atoms with E-state index in [2.05, 4.69) is 37.5 Å². The van der Waals surface area contributed by atoms with E-state index in [1.807, 2.05) is 17.1 Å². The summed E-state index contributed by atoms with van der Waals surface area (Å²) < 4.78 is 12.7. The number of alkyl halides is 1. The third-order valence-corrected chi connectivity index (χ3v) is 5.60. The maximum Gasteiger partial charge on any atom is 0.103 e. The molecule has 0 aromatic heterocycles. The Morgan fingerprint density at radius 1 is 1.48 bits per heavy atom. The SMILES string of the molecule is CC(C)N(CCF)NC1CCC2(c3cccc(C#N)c3)CC2C1. The first-order valence-electron chi connectivity index (χ1n) is 8.68. The first kappa shape index (κ1) is 16.4. The number of fused-ring (bicyclic) bond motifs is 1. The standard InChI is InChI=1S/C19H26FN3/c1-14(2)23(9-8-20)22-18-6-7-19(12-17(19)11-18)16-5-3-4-15(10-16)13-21/h3-5,10,14,17-18,22H,6-9,11-12H2,1-2H3. The lowest BCUT2D eigenvalue weighted by atomic mass is 9.80. The van der Waals surface area contributed by atoms with Gasteiger partial charge in [0.05, 0.1) is 11.6 Å². The van der Waals surface area contributed by atoms with Crippen molar-refractivity contribution in [2.45, 2.75) is 57.0 Å². The number of hydrogen-bond acceptors (Lipinski definition) is 3. The van der Waals surface area contributed by atoms with Gasteiger partial charge in [-0.15, -0.1) is 0 Å². The summed E-state index contributed by atoms with van der Waals surface area (Å²) in [5.74, 6) is 0.696. The largest absolute Gasteiger partial charge is 0.252 e. The molecular weight excluding hydrogens is 289 g/mol. The average Bonchev–Trinajstić information content (AvgIpc) is 3.29. The molecule has 2 saturated carbocycles. The predicted octanol–water partition coefficient (Wildman–Crippen LogP) is 3.55. The van der Waals surface area contributed by atoms with E-state index in [9.17, 15) is 4.39 Å². The summed E-state index contributed by atoms with van der Waals surface area (Å²) in [6.45, 7) is 4.33. The van der Waals surface area contributed by atoms with Gasteiger partial charge in [-0.2, -0.15) is 5.26 Å². The molecule has 3 nitrogen and oxygen atoms in total. The molecule has 0 aliphatic heterocycles. The summed E-state index contributed by atoms with van der Waals surface area (Å²) in [5.41, 5.74) is 5.94. The third kappa shape index (κ3) is 3.27. The summed E-state index contributed by atoms with van der Waals surface area (Å²) in [6, 6.07) is 11.1. The van der Waals surface area contributed by atoms with E-state index in [0.29, 0.717) is 30.0 Å². The van der Waals surface area contributed by atoms with Crippen LogP contribution in [0.25, 0.3) is 0 Å². The molecule has 2 aliphatic rings. The van der Waals surface area contributed by atoms with E-state index < -0.39 is 0 Å². The van der Waals surface area contributed by atoms with Crippen molar-refractivity contribution in [3.8, 4) is 6.07 Å². The fraction of sp³-hybridized carbons (Fsp3) is 0.632. The van der Waals surface area contributed by atoms with Gasteiger partial charge in [-0.05, 0) is 68.6 Å². The highest BCUT2D eigenvalue weighted by atomic mass is 19.1. The van der Waals surface area contributed by atoms with Crippen LogP contribution in [0.15, 0.2) is 24.3 Å². The van der Waals surface area contributed by atoms with Crippen molar-refractivity contribution in [3.05, 3.63) is 35.4 Å². The molecule has 0 bridgehead atoms. The molecule has 1 aromatic rings. The fourth-order valence-electron chi connectivity index (χ4n) is 4.20. The molecule has 3 atom stereocenters. The number of hydrogen-bond donors (Lipinski definition) is 1. The van der Waals surface area contributed by atoms with Crippen molar-refractivity contribution < 1.29 is 4.39 Å². The minimum absolute atomic E-state index is 0.299. The van der Waals surface area contributed by atoms with Crippen molar-refractivity contribution in [2.24, 2.45) is 5.92 Å². The molecule has 3 unspecified atom stereocenters. The normalized spacial score (nSPS) is 29.4. The zero-order chi connectivity index (χ0) is 16.4. The van der Waals surface area contributed by atoms with Gasteiger partial charge in [0.2, 0.25) is 0 Å². The molecule has 2 fully saturated rings. The van der Waals surface area contributed by atoms with Crippen LogP contribution in [0.2, 0.25) is 0 Å². The van der Waals surface area contributed by atoms with Crippen LogP contribution < -0.4 is 5.43 Å². The van der Waals surface area contributed by atoms with Gasteiger partial charge in [0.1, 0.15) is 6.67 Å². The Balaban J connectivity index is 1.63. The fourth-order valence-corrected chi connectivity index (χ4v) is 4.20. The monoisotopic (exact) mass is 315 g/mol. The Morgan fingerprint density at radius 3 is 2.96 bits per heavy atom. The Hall–Kier alpha value is -1.44. The van der Waals surface area contributed by atoms with Crippen LogP contribution in [0.5, 0.6) is 0 Å². The summed E-state index contributed by atoms with van der Waals surface area (Å²) in [6.07, 6.45) is 4.64. The van der Waals surface area contributed by atoms with E-state index in [4.69, 9.17) is 5.26 Å². The summed E-state index contributed by atoms with van der Waals surface area (Å²) in [4.78, 5) is 0. The zero-order valence-corrected chi connectivity index (χ0v) is 14.1. The van der Waals surface area contributed by atoms with Crippen molar-refractivity contribution in [1.82, 2.24) is 10.4 Å². The number of benzene rings is 1. The van der Waals surface area contributed by atoms with Gasteiger partial charge >= 0.3 is 0 Å². The topological polar surface area (TPSA) is 39.1 Å². The Labute approximate surface area is 138 Å². The van der Waals surface area contributed by atoms with Gasteiger partial charge in [-0.25, -0.2) is 9.40 Å². The van der Waals surface area contributed by atoms with Crippen molar-refractivity contribution in [3.63, 3.8) is 0 Å². The molecule has 4 heteroatoms. The molecule has 0 radical (unpaired) electrons. The molecular formula is C19H26FN3. The number of nitrogens with zero attached hydrogens (tertiary/aromatic N) is 2. The van der Waals surface area contributed by atoms with E-state index in [0.717, 1.165) is 24.8 Å². The van der Waals surface area contributed by atoms with Crippen LogP contribution in [0, 0.1) is 17.2 Å². The quantitative estimate of drug-likeness (QED) is 0.816. The lowest BCUT2D eigenvalue weighted by Gasteiger charge is -2.35. The van der Waals surface area contributed by atoms with Gasteiger partial charge in [0.15, 0.2) is 0 Å². The lowest BCUT2D eigenvalue weighted by Crippen LogP contribution is -2.50. The molecule has 2 aliphatic carbocycles. The first-order valence-corrected chi connectivity index (χ1v) is 8.68. The van der Waals surface area contributed by atoms with E-state index in [-0.39, 0.29) is 6.67 Å². The summed E-state index contributed by atoms with van der Waals surface area (Å²) >= 11 is 0. The molecule has 1 aromatic carbocycles. The minimum Gasteiger partial charge on any atom is -0.252 e. The number of nitrogens with one attached hydrogen (secondary N) is 1. The van der Waals surface area contributed by atoms with Crippen molar-refractivity contribution in [1.29, 1.82) is 5.26 Å². The number of halogens is 1. The third-order valence-electron chi connectivity index (χ3n) is 5.60. The van der Waals surface area contributed by atoms with Gasteiger partial charge in [0, 0.05) is 18.6 Å². The lowest BCUT2D eigenvalue weighted by molar-refractivity contribution is 0.0921. The maximum absolute atomic E-state index is 12.7. The Bertz CT molecular complexity index is 595. The molecule has 3 rings (SSSR count). The molecule has 0 heterocycles. The average molecular weight is 315 g/mol. The minimum atomic E-state index is -0.313. The van der Waals surface area contributed by atoms with Crippen LogP contribution in [0.3, 0.4) is 0 Å². The summed E-state index contributed by atoms with van der Waals surface area (Å²) in [5, 5.41) is 11.1. The molecule has 124 valence electrons. The second-order valence-electron chi connectivity index (χ2n) is 7.33. The molecule has 23 heavy (non-hydrogen) atoms. The van der Waals surface area contributed by atoms with Gasteiger partial charge in [-0.1, -0.05) is 12.1 Å². The number of nitriles is 1. The van der Waals surface area contributed by atoms with Crippen LogP contribution in [0.4, 0.5) is 4.39 Å². The van der Waals surface area contributed by atoms with Crippen LogP contribution in [-0.4, -0.2) is 30.3 Å². The highest BCUT2D eigenvalue weighted by Crippen LogP contribution is 2.62. The predicted molar refractivity (Wildman–Crippen MR) is 89.5 cm³/mol. The first-order chi connectivity index (χ1) is 11.1. The number of rotatable bonds is 6. The van der Waals surface area contributed by atoms with Gasteiger partial charge in [-0.3, -0.25) is 5.43 Å². The van der Waals surface area contributed by atoms with Crippen molar-refractivity contribution >= 4 is 0 Å². The Kier molecular flexibility index (Phi) is 4.70. The maximum atomic E-state index is 12.7. The smallest absolute Gasteiger partial charge is 0.103 e. The molecule has 0 saturated heterocycles. The van der Waals surface area contributed by atoms with Gasteiger partial charge < -0.3 is 0 Å². The molecule has 0 amide bonds. The Morgan fingerprint density at radius 2 is 2.30 bits per heavy atom. The molecule has 0 spiro atoms. The van der Waals surface area contributed by atoms with Crippen LogP contribution in [-0.2, 0) is 5.41 Å². The van der Waals surface area contributed by atoms with Crippen LogP contribution >= 0.6 is 0 Å². The molecule has 1 N–H and O–H groups in total. The highest BCUT2D eigenvalue weighted by Gasteiger charge is 2.57.